The molecule has 1 heterocycles. The van der Waals surface area contributed by atoms with Crippen LogP contribution >= 0.6 is 12.4 Å². The number of aliphatic hydroxyl groups is 1. The number of anilines is 2. The van der Waals surface area contributed by atoms with Crippen LogP contribution < -0.4 is 11.1 Å². The Hall–Kier alpha value is -3.00. The Bertz CT molecular complexity index is 797. The number of phenols is 1. The fraction of sp³-hybridized carbons (Fsp3) is 0.133. The van der Waals surface area contributed by atoms with Gasteiger partial charge in [0.25, 0.3) is 0 Å². The SMILES string of the molecule is CC(=O)C1=C(O)/C(=C(\C)Nc2ccc(O)c(N)c2)C(=O)OC1=O.Cl. The van der Waals surface area contributed by atoms with Gasteiger partial charge in [0.2, 0.25) is 0 Å². The van der Waals surface area contributed by atoms with E-state index in [2.05, 4.69) is 10.1 Å². The molecule has 0 radical (unpaired) electrons. The maximum atomic E-state index is 11.8. The third-order valence-corrected chi connectivity index (χ3v) is 3.15. The average molecular weight is 355 g/mol. The maximum Gasteiger partial charge on any atom is 0.353 e. The van der Waals surface area contributed by atoms with E-state index in [4.69, 9.17) is 5.73 Å². The van der Waals surface area contributed by atoms with Gasteiger partial charge >= 0.3 is 11.9 Å². The van der Waals surface area contributed by atoms with Gasteiger partial charge in [-0.25, -0.2) is 9.59 Å². The highest BCUT2D eigenvalue weighted by Gasteiger charge is 2.36. The van der Waals surface area contributed by atoms with E-state index >= 15 is 0 Å². The van der Waals surface area contributed by atoms with Crippen molar-refractivity contribution in [3.8, 4) is 5.75 Å². The number of ether oxygens (including phenoxy) is 1. The Morgan fingerprint density at radius 2 is 1.79 bits per heavy atom. The summed E-state index contributed by atoms with van der Waals surface area (Å²) >= 11 is 0. The summed E-state index contributed by atoms with van der Waals surface area (Å²) in [6.45, 7) is 2.52. The summed E-state index contributed by atoms with van der Waals surface area (Å²) in [7, 11) is 0. The maximum absolute atomic E-state index is 11.8. The molecule has 2 rings (SSSR count). The number of aliphatic hydroxyl groups excluding tert-OH is 1. The molecule has 24 heavy (non-hydrogen) atoms. The monoisotopic (exact) mass is 354 g/mol. The summed E-state index contributed by atoms with van der Waals surface area (Å²) in [5.41, 5.74) is 5.32. The molecule has 0 unspecified atom stereocenters. The largest absolute Gasteiger partial charge is 0.506 e. The number of phenolic OH excluding ortho intramolecular Hbond substituents is 1. The number of aromatic hydroxyl groups is 1. The first kappa shape index (κ1) is 19.0. The summed E-state index contributed by atoms with van der Waals surface area (Å²) in [5.74, 6) is -3.83. The lowest BCUT2D eigenvalue weighted by atomic mass is 10.0. The van der Waals surface area contributed by atoms with Crippen LogP contribution in [0.1, 0.15) is 13.8 Å². The summed E-state index contributed by atoms with van der Waals surface area (Å²) in [4.78, 5) is 34.7. The number of carbonyl (C=O) groups excluding carboxylic acids is 3. The number of esters is 2. The molecule has 128 valence electrons. The lowest BCUT2D eigenvalue weighted by Crippen LogP contribution is -2.29. The number of Topliss-reactive ketones (excluding diaryl/α,β-unsaturated/α-hetero) is 1. The molecule has 1 aromatic rings. The van der Waals surface area contributed by atoms with Crippen LogP contribution in [0.4, 0.5) is 11.4 Å². The van der Waals surface area contributed by atoms with Crippen molar-refractivity contribution in [1.29, 1.82) is 0 Å². The fourth-order valence-corrected chi connectivity index (χ4v) is 2.06. The Balaban J connectivity index is 0.00000288. The number of allylic oxidation sites excluding steroid dienone is 1. The van der Waals surface area contributed by atoms with E-state index in [0.717, 1.165) is 6.92 Å². The van der Waals surface area contributed by atoms with Gasteiger partial charge in [-0.05, 0) is 32.0 Å². The smallest absolute Gasteiger partial charge is 0.353 e. The Morgan fingerprint density at radius 1 is 1.17 bits per heavy atom. The molecule has 0 saturated carbocycles. The summed E-state index contributed by atoms with van der Waals surface area (Å²) in [6, 6.07) is 4.24. The normalized spacial score (nSPS) is 16.2. The predicted octanol–water partition coefficient (Wildman–Crippen LogP) is 1.57. The van der Waals surface area contributed by atoms with E-state index in [0.29, 0.717) is 5.69 Å². The third kappa shape index (κ3) is 3.49. The van der Waals surface area contributed by atoms with Crippen molar-refractivity contribution in [2.45, 2.75) is 13.8 Å². The molecule has 1 aliphatic rings. The molecule has 9 heteroatoms. The second-order valence-electron chi connectivity index (χ2n) is 4.86. The lowest BCUT2D eigenvalue weighted by Gasteiger charge is -2.18. The molecule has 0 saturated heterocycles. The molecule has 8 nitrogen and oxygen atoms in total. The van der Waals surface area contributed by atoms with E-state index in [1.165, 1.54) is 25.1 Å². The molecule has 1 aliphatic heterocycles. The Kier molecular flexibility index (Phi) is 5.60. The van der Waals surface area contributed by atoms with Gasteiger partial charge < -0.3 is 26.0 Å². The number of hydrogen-bond acceptors (Lipinski definition) is 8. The molecular formula is C15H15ClN2O6. The number of nitrogens with two attached hydrogens (primary N) is 1. The molecule has 0 atom stereocenters. The van der Waals surface area contributed by atoms with E-state index in [1.54, 1.807) is 0 Å². The highest BCUT2D eigenvalue weighted by molar-refractivity contribution is 6.23. The van der Waals surface area contributed by atoms with Crippen molar-refractivity contribution < 1.29 is 29.3 Å². The molecule has 1 aromatic carbocycles. The average Bonchev–Trinajstić information content (AvgIpc) is 2.41. The molecule has 0 amide bonds. The number of ketones is 1. The standard InChI is InChI=1S/C15H14N2O6.ClH/c1-6(17-8-3-4-10(19)9(16)5-8)11-13(20)12(7(2)18)15(22)23-14(11)21;/h3-5,17,19-20H,16H2,1-2H3;1H/b11-6-;. The zero-order valence-corrected chi connectivity index (χ0v) is 13.6. The van der Waals surface area contributed by atoms with E-state index in [9.17, 15) is 24.6 Å². The van der Waals surface area contributed by atoms with Gasteiger partial charge in [0, 0.05) is 11.4 Å². The van der Waals surface area contributed by atoms with Gasteiger partial charge in [-0.2, -0.15) is 0 Å². The van der Waals surface area contributed by atoms with E-state index in [1.807, 2.05) is 0 Å². The Morgan fingerprint density at radius 3 is 2.33 bits per heavy atom. The minimum absolute atomic E-state index is 0. The lowest BCUT2D eigenvalue weighted by molar-refractivity contribution is -0.155. The summed E-state index contributed by atoms with van der Waals surface area (Å²) in [6.07, 6.45) is 0. The summed E-state index contributed by atoms with van der Waals surface area (Å²) in [5, 5.41) is 22.2. The Labute approximate surface area is 143 Å². The fourth-order valence-electron chi connectivity index (χ4n) is 2.06. The van der Waals surface area contributed by atoms with Crippen LogP contribution in [0.2, 0.25) is 0 Å². The second kappa shape index (κ2) is 7.05. The van der Waals surface area contributed by atoms with Gasteiger partial charge in [0.05, 0.1) is 5.69 Å². The van der Waals surface area contributed by atoms with Crippen LogP contribution in [-0.4, -0.2) is 27.9 Å². The van der Waals surface area contributed by atoms with Crippen LogP contribution in [0.25, 0.3) is 0 Å². The number of nitrogens with one attached hydrogen (secondary N) is 1. The number of nitrogen functional groups attached to an aromatic ring is 1. The molecule has 0 aliphatic carbocycles. The van der Waals surface area contributed by atoms with E-state index < -0.39 is 29.1 Å². The second-order valence-corrected chi connectivity index (χ2v) is 4.86. The number of halogens is 1. The van der Waals surface area contributed by atoms with Crippen molar-refractivity contribution >= 4 is 41.5 Å². The molecule has 0 aromatic heterocycles. The number of cyclic esters (lactones) is 2. The molecule has 0 fully saturated rings. The highest BCUT2D eigenvalue weighted by Crippen LogP contribution is 2.28. The van der Waals surface area contributed by atoms with Crippen LogP contribution in [0.15, 0.2) is 40.8 Å². The number of benzene rings is 1. The minimum atomic E-state index is -1.19. The van der Waals surface area contributed by atoms with Crippen LogP contribution in [-0.2, 0) is 19.1 Å². The van der Waals surface area contributed by atoms with Gasteiger partial charge in [-0.3, -0.25) is 4.79 Å². The molecule has 0 spiro atoms. The quantitative estimate of drug-likeness (QED) is 0.122. The third-order valence-electron chi connectivity index (χ3n) is 3.15. The topological polar surface area (TPSA) is 139 Å². The zero-order chi connectivity index (χ0) is 17.3. The van der Waals surface area contributed by atoms with Gasteiger partial charge in [0.1, 0.15) is 22.7 Å². The van der Waals surface area contributed by atoms with Gasteiger partial charge in [-0.15, -0.1) is 12.4 Å². The first-order chi connectivity index (χ1) is 10.7. The van der Waals surface area contributed by atoms with Crippen molar-refractivity contribution in [2.24, 2.45) is 0 Å². The zero-order valence-electron chi connectivity index (χ0n) is 12.7. The highest BCUT2D eigenvalue weighted by atomic mass is 35.5. The first-order valence-corrected chi connectivity index (χ1v) is 6.49. The minimum Gasteiger partial charge on any atom is -0.506 e. The molecular weight excluding hydrogens is 340 g/mol. The summed E-state index contributed by atoms with van der Waals surface area (Å²) < 4.78 is 4.47. The van der Waals surface area contributed by atoms with Gasteiger partial charge in [0.15, 0.2) is 5.78 Å². The number of rotatable bonds is 3. The molecule has 5 N–H and O–H groups in total. The first-order valence-electron chi connectivity index (χ1n) is 6.49. The van der Waals surface area contributed by atoms with Crippen molar-refractivity contribution in [2.75, 3.05) is 11.1 Å². The van der Waals surface area contributed by atoms with Crippen molar-refractivity contribution in [3.63, 3.8) is 0 Å². The van der Waals surface area contributed by atoms with Crippen molar-refractivity contribution in [3.05, 3.63) is 40.8 Å². The van der Waals surface area contributed by atoms with Crippen LogP contribution in [0, 0.1) is 0 Å². The van der Waals surface area contributed by atoms with Gasteiger partial charge in [-0.1, -0.05) is 0 Å². The number of carbonyl (C=O) groups is 3. The van der Waals surface area contributed by atoms with Crippen molar-refractivity contribution in [1.82, 2.24) is 0 Å². The van der Waals surface area contributed by atoms with Crippen LogP contribution in [0.3, 0.4) is 0 Å². The van der Waals surface area contributed by atoms with Crippen LogP contribution in [0.5, 0.6) is 5.75 Å². The number of hydrogen-bond donors (Lipinski definition) is 4. The molecule has 0 bridgehead atoms. The predicted molar refractivity (Wildman–Crippen MR) is 87.5 cm³/mol. The van der Waals surface area contributed by atoms with E-state index in [-0.39, 0.29) is 35.1 Å².